The molecule has 2 unspecified atom stereocenters. The van der Waals surface area contributed by atoms with Crippen LogP contribution in [0.1, 0.15) is 32.2 Å². The topological polar surface area (TPSA) is 98.3 Å². The fourth-order valence-electron chi connectivity index (χ4n) is 2.11. The second-order valence-electron chi connectivity index (χ2n) is 5.50. The number of carbonyl (C=O) groups excluding carboxylic acids is 1. The second kappa shape index (κ2) is 5.52. The number of carbonyl (C=O) groups is 2. The number of fused-ring (bicyclic) bond motifs is 1. The van der Waals surface area contributed by atoms with Gasteiger partial charge in [-0.15, -0.1) is 0 Å². The highest BCUT2D eigenvalue weighted by molar-refractivity contribution is 5.83. The maximum Gasteiger partial charge on any atom is 0.326 e. The summed E-state index contributed by atoms with van der Waals surface area (Å²) in [5, 5.41) is 12.2. The van der Waals surface area contributed by atoms with Gasteiger partial charge in [0, 0.05) is 12.5 Å². The lowest BCUT2D eigenvalue weighted by atomic mass is 10.0. The quantitative estimate of drug-likeness (QED) is 0.768. The number of nitrogens with one attached hydrogen (secondary N) is 2. The van der Waals surface area contributed by atoms with Gasteiger partial charge in [-0.3, -0.25) is 0 Å². The van der Waals surface area contributed by atoms with Gasteiger partial charge in [0.25, 0.3) is 0 Å². The van der Waals surface area contributed by atoms with Crippen LogP contribution >= 0.6 is 0 Å². The first-order valence-electron chi connectivity index (χ1n) is 6.71. The van der Waals surface area contributed by atoms with E-state index in [1.54, 1.807) is 0 Å². The summed E-state index contributed by atoms with van der Waals surface area (Å²) < 4.78 is 0. The summed E-state index contributed by atoms with van der Waals surface area (Å²) in [6, 6.07) is -1.23. The van der Waals surface area contributed by atoms with Crippen molar-refractivity contribution in [1.29, 1.82) is 0 Å². The Morgan fingerprint density at radius 3 is 2.80 bits per heavy atom. The standard InChI is InChI=1S/C13H20N4O3/c1-7(2)8(3)16-13(20)17-5-10-9(14-6-15-10)4-11(17)12(18)19/h6-8,11H,4-5H2,1-3H3,(H,14,15)(H,16,20)(H,18,19). The number of hydrogen-bond acceptors (Lipinski definition) is 3. The lowest BCUT2D eigenvalue weighted by molar-refractivity contribution is -0.142. The molecule has 1 aromatic heterocycles. The average Bonchev–Trinajstić information content (AvgIpc) is 2.83. The number of amides is 2. The summed E-state index contributed by atoms with van der Waals surface area (Å²) in [6.45, 7) is 6.15. The number of rotatable bonds is 3. The third-order valence-electron chi connectivity index (χ3n) is 3.80. The van der Waals surface area contributed by atoms with Gasteiger partial charge < -0.3 is 20.3 Å². The molecule has 20 heavy (non-hydrogen) atoms. The Hall–Kier alpha value is -2.05. The van der Waals surface area contributed by atoms with E-state index in [2.05, 4.69) is 15.3 Å². The maximum absolute atomic E-state index is 12.3. The Balaban J connectivity index is 2.16. The van der Waals surface area contributed by atoms with Gasteiger partial charge in [-0.05, 0) is 12.8 Å². The van der Waals surface area contributed by atoms with E-state index < -0.39 is 12.0 Å². The van der Waals surface area contributed by atoms with E-state index in [9.17, 15) is 14.7 Å². The van der Waals surface area contributed by atoms with Crippen LogP contribution in [-0.4, -0.2) is 44.1 Å². The van der Waals surface area contributed by atoms with Crippen LogP contribution in [0, 0.1) is 5.92 Å². The number of carboxylic acid groups (broad SMARTS) is 1. The van der Waals surface area contributed by atoms with Crippen LogP contribution in [0.4, 0.5) is 4.79 Å². The molecule has 2 heterocycles. The number of H-pyrrole nitrogens is 1. The van der Waals surface area contributed by atoms with Crippen molar-refractivity contribution < 1.29 is 14.7 Å². The van der Waals surface area contributed by atoms with E-state index in [0.29, 0.717) is 0 Å². The molecule has 2 atom stereocenters. The highest BCUT2D eigenvalue weighted by atomic mass is 16.4. The Morgan fingerprint density at radius 2 is 2.20 bits per heavy atom. The monoisotopic (exact) mass is 280 g/mol. The second-order valence-corrected chi connectivity index (χ2v) is 5.50. The highest BCUT2D eigenvalue weighted by Crippen LogP contribution is 2.21. The minimum atomic E-state index is -1.01. The zero-order chi connectivity index (χ0) is 14.9. The molecule has 0 saturated carbocycles. The van der Waals surface area contributed by atoms with Crippen LogP contribution in [0.15, 0.2) is 6.33 Å². The summed E-state index contributed by atoms with van der Waals surface area (Å²) in [6.07, 6.45) is 1.76. The first kappa shape index (κ1) is 14.4. The molecule has 110 valence electrons. The van der Waals surface area contributed by atoms with Gasteiger partial charge in [0.2, 0.25) is 0 Å². The predicted octanol–water partition coefficient (Wildman–Crippen LogP) is 0.975. The third-order valence-corrected chi connectivity index (χ3v) is 3.80. The summed E-state index contributed by atoms with van der Waals surface area (Å²) in [7, 11) is 0. The molecule has 3 N–H and O–H groups in total. The Morgan fingerprint density at radius 1 is 1.50 bits per heavy atom. The van der Waals surface area contributed by atoms with Crippen molar-refractivity contribution in [3.05, 3.63) is 17.7 Å². The number of urea groups is 1. The van der Waals surface area contributed by atoms with Gasteiger partial charge in [-0.2, -0.15) is 0 Å². The molecule has 1 aliphatic rings. The smallest absolute Gasteiger partial charge is 0.326 e. The van der Waals surface area contributed by atoms with Gasteiger partial charge in [0.1, 0.15) is 6.04 Å². The van der Waals surface area contributed by atoms with Crippen LogP contribution in [0.5, 0.6) is 0 Å². The molecule has 0 spiro atoms. The summed E-state index contributed by atoms with van der Waals surface area (Å²) in [4.78, 5) is 32.0. The van der Waals surface area contributed by atoms with E-state index in [-0.39, 0.29) is 31.0 Å². The minimum Gasteiger partial charge on any atom is -0.480 e. The number of hydrogen-bond donors (Lipinski definition) is 3. The SMILES string of the molecule is CC(C)C(C)NC(=O)N1Cc2[nH]cnc2CC1C(=O)O. The number of imidazole rings is 1. The minimum absolute atomic E-state index is 0.0138. The molecule has 1 aromatic rings. The molecular formula is C13H20N4O3. The van der Waals surface area contributed by atoms with Crippen LogP contribution < -0.4 is 5.32 Å². The van der Waals surface area contributed by atoms with Crippen molar-refractivity contribution in [3.63, 3.8) is 0 Å². The zero-order valence-electron chi connectivity index (χ0n) is 11.9. The van der Waals surface area contributed by atoms with Crippen molar-refractivity contribution in [2.75, 3.05) is 0 Å². The predicted molar refractivity (Wildman–Crippen MR) is 72.1 cm³/mol. The fourth-order valence-corrected chi connectivity index (χ4v) is 2.11. The van der Waals surface area contributed by atoms with Gasteiger partial charge in [0.15, 0.2) is 0 Å². The molecule has 2 amide bonds. The van der Waals surface area contributed by atoms with Crippen LogP contribution in [0.2, 0.25) is 0 Å². The Bertz CT molecular complexity index is 511. The van der Waals surface area contributed by atoms with Crippen molar-refractivity contribution in [3.8, 4) is 0 Å². The van der Waals surface area contributed by atoms with Crippen molar-refractivity contribution in [1.82, 2.24) is 20.2 Å². The number of aliphatic carboxylic acids is 1. The van der Waals surface area contributed by atoms with Crippen LogP contribution in [0.25, 0.3) is 0 Å². The van der Waals surface area contributed by atoms with Crippen LogP contribution in [-0.2, 0) is 17.8 Å². The van der Waals surface area contributed by atoms with E-state index >= 15 is 0 Å². The molecule has 0 bridgehead atoms. The lowest BCUT2D eigenvalue weighted by Gasteiger charge is -2.33. The molecule has 0 aliphatic carbocycles. The third kappa shape index (κ3) is 2.76. The molecule has 7 heteroatoms. The summed E-state index contributed by atoms with van der Waals surface area (Å²) >= 11 is 0. The van der Waals surface area contributed by atoms with Gasteiger partial charge in [0.05, 0.1) is 24.3 Å². The molecule has 7 nitrogen and oxygen atoms in total. The van der Waals surface area contributed by atoms with Crippen molar-refractivity contribution in [2.45, 2.75) is 45.8 Å². The van der Waals surface area contributed by atoms with E-state index in [0.717, 1.165) is 11.4 Å². The van der Waals surface area contributed by atoms with Crippen molar-refractivity contribution in [2.24, 2.45) is 5.92 Å². The molecular weight excluding hydrogens is 260 g/mol. The Labute approximate surface area is 117 Å². The molecule has 1 aliphatic heterocycles. The molecule has 2 rings (SSSR count). The summed E-state index contributed by atoms with van der Waals surface area (Å²) in [5.74, 6) is -0.722. The number of carboxylic acids is 1. The first-order chi connectivity index (χ1) is 9.40. The van der Waals surface area contributed by atoms with Crippen LogP contribution in [0.3, 0.4) is 0 Å². The van der Waals surface area contributed by atoms with E-state index in [1.807, 2.05) is 20.8 Å². The van der Waals surface area contributed by atoms with Gasteiger partial charge in [-0.1, -0.05) is 13.8 Å². The zero-order valence-corrected chi connectivity index (χ0v) is 11.9. The first-order valence-corrected chi connectivity index (χ1v) is 6.71. The molecule has 0 fully saturated rings. The highest BCUT2D eigenvalue weighted by Gasteiger charge is 2.36. The Kier molecular flexibility index (Phi) is 3.96. The van der Waals surface area contributed by atoms with E-state index in [4.69, 9.17) is 0 Å². The number of aromatic nitrogens is 2. The summed E-state index contributed by atoms with van der Waals surface area (Å²) in [5.41, 5.74) is 1.52. The average molecular weight is 280 g/mol. The molecule has 0 aromatic carbocycles. The molecule has 0 saturated heterocycles. The lowest BCUT2D eigenvalue weighted by Crippen LogP contribution is -2.54. The largest absolute Gasteiger partial charge is 0.480 e. The molecule has 0 radical (unpaired) electrons. The van der Waals surface area contributed by atoms with Gasteiger partial charge in [-0.25, -0.2) is 14.6 Å². The normalized spacial score (nSPS) is 19.6. The number of aromatic amines is 1. The van der Waals surface area contributed by atoms with Gasteiger partial charge >= 0.3 is 12.0 Å². The van der Waals surface area contributed by atoms with Crippen molar-refractivity contribution >= 4 is 12.0 Å². The number of nitrogens with zero attached hydrogens (tertiary/aromatic N) is 2. The van der Waals surface area contributed by atoms with E-state index in [1.165, 1.54) is 11.2 Å². The fraction of sp³-hybridized carbons (Fsp3) is 0.615. The maximum atomic E-state index is 12.3.